The predicted octanol–water partition coefficient (Wildman–Crippen LogP) is 5.45. The van der Waals surface area contributed by atoms with Crippen LogP contribution in [0.4, 0.5) is 5.69 Å². The number of imidazole rings is 1. The summed E-state index contributed by atoms with van der Waals surface area (Å²) in [5.74, 6) is 0.872. The van der Waals surface area contributed by atoms with Crippen LogP contribution in [0.2, 0.25) is 0 Å². The summed E-state index contributed by atoms with van der Waals surface area (Å²) in [4.78, 5) is 21.8. The number of benzene rings is 2. The number of ether oxygens (including phenoxy) is 2. The highest BCUT2D eigenvalue weighted by Gasteiger charge is 2.14. The van der Waals surface area contributed by atoms with Crippen molar-refractivity contribution in [3.05, 3.63) is 120 Å². The lowest BCUT2D eigenvalue weighted by molar-refractivity contribution is 0.102. The first kappa shape index (κ1) is 22.2. The molecule has 3 heterocycles. The van der Waals surface area contributed by atoms with Gasteiger partial charge in [-0.3, -0.25) is 9.78 Å². The second-order valence-electron chi connectivity index (χ2n) is 8.07. The van der Waals surface area contributed by atoms with Gasteiger partial charge in [0, 0.05) is 42.1 Å². The third-order valence-corrected chi connectivity index (χ3v) is 5.46. The minimum atomic E-state index is -0.268. The third kappa shape index (κ3) is 5.30. The molecule has 0 saturated carbocycles. The zero-order chi connectivity index (χ0) is 24.0. The smallest absolute Gasteiger partial charge is 0.259 e. The fraction of sp³-hybridized carbons (Fsp3) is 0.107. The Bertz CT molecular complexity index is 1460. The fourth-order valence-electron chi connectivity index (χ4n) is 3.72. The molecule has 0 spiro atoms. The maximum Gasteiger partial charge on any atom is 0.259 e. The molecule has 7 nitrogen and oxygen atoms in total. The van der Waals surface area contributed by atoms with Crippen LogP contribution in [0.1, 0.15) is 27.2 Å². The molecule has 0 aliphatic carbocycles. The van der Waals surface area contributed by atoms with Crippen molar-refractivity contribution >= 4 is 17.2 Å². The number of pyridine rings is 2. The lowest BCUT2D eigenvalue weighted by Gasteiger charge is -2.12. The first-order valence-corrected chi connectivity index (χ1v) is 11.2. The van der Waals surface area contributed by atoms with Gasteiger partial charge in [-0.1, -0.05) is 30.3 Å². The maximum atomic E-state index is 13.1. The number of hydrogen-bond acceptors (Lipinski definition) is 5. The van der Waals surface area contributed by atoms with Crippen molar-refractivity contribution < 1.29 is 14.3 Å². The third-order valence-electron chi connectivity index (χ3n) is 5.46. The molecule has 7 heteroatoms. The summed E-state index contributed by atoms with van der Waals surface area (Å²) >= 11 is 0. The average molecular weight is 465 g/mol. The lowest BCUT2D eigenvalue weighted by atomic mass is 10.2. The monoisotopic (exact) mass is 464 g/mol. The summed E-state index contributed by atoms with van der Waals surface area (Å²) in [6.07, 6.45) is 7.37. The molecule has 0 aliphatic rings. The number of carbonyl (C=O) groups excluding carboxylic acids is 1. The normalized spacial score (nSPS) is 10.8. The molecular formula is C28H24N4O3. The highest BCUT2D eigenvalue weighted by Crippen LogP contribution is 2.23. The number of aryl methyl sites for hydroxylation is 1. The molecule has 5 rings (SSSR count). The van der Waals surface area contributed by atoms with Crippen LogP contribution in [0, 0.1) is 6.92 Å². The second-order valence-corrected chi connectivity index (χ2v) is 8.07. The highest BCUT2D eigenvalue weighted by atomic mass is 16.5. The van der Waals surface area contributed by atoms with Crippen molar-refractivity contribution in [2.24, 2.45) is 0 Å². The van der Waals surface area contributed by atoms with E-state index in [1.165, 1.54) is 0 Å². The molecule has 35 heavy (non-hydrogen) atoms. The van der Waals surface area contributed by atoms with E-state index >= 15 is 0 Å². The summed E-state index contributed by atoms with van der Waals surface area (Å²) in [6, 6.07) is 22.3. The predicted molar refractivity (Wildman–Crippen MR) is 134 cm³/mol. The van der Waals surface area contributed by atoms with Gasteiger partial charge < -0.3 is 19.2 Å². The number of fused-ring (bicyclic) bond motifs is 1. The zero-order valence-electron chi connectivity index (χ0n) is 19.2. The van der Waals surface area contributed by atoms with Gasteiger partial charge in [-0.25, -0.2) is 4.98 Å². The molecule has 1 amide bonds. The van der Waals surface area contributed by atoms with E-state index in [2.05, 4.69) is 15.3 Å². The Hall–Kier alpha value is -4.65. The van der Waals surface area contributed by atoms with Gasteiger partial charge in [0.1, 0.15) is 30.4 Å². The van der Waals surface area contributed by atoms with Gasteiger partial charge in [0.25, 0.3) is 5.91 Å². The van der Waals surface area contributed by atoms with Crippen LogP contribution in [0.25, 0.3) is 5.65 Å². The molecule has 0 bridgehead atoms. The maximum absolute atomic E-state index is 13.1. The molecule has 174 valence electrons. The molecule has 0 saturated heterocycles. The van der Waals surface area contributed by atoms with Gasteiger partial charge >= 0.3 is 0 Å². The van der Waals surface area contributed by atoms with E-state index < -0.39 is 0 Å². The summed E-state index contributed by atoms with van der Waals surface area (Å²) in [7, 11) is 0. The number of hydrogen-bond donors (Lipinski definition) is 1. The minimum Gasteiger partial charge on any atom is -0.489 e. The standard InChI is InChI=1S/C28H24N4O3/c1-20-7-6-14-32-17-23(30-27(20)32)19-35-26-12-3-2-11-25(26)28(33)31-22-9-4-10-24(15-22)34-18-21-8-5-13-29-16-21/h2-17H,18-19H2,1H3,(H,31,33). The molecule has 3 aromatic heterocycles. The number of nitrogens with one attached hydrogen (secondary N) is 1. The molecule has 2 aromatic carbocycles. The molecule has 0 atom stereocenters. The number of amides is 1. The van der Waals surface area contributed by atoms with Crippen molar-refractivity contribution in [2.45, 2.75) is 20.1 Å². The van der Waals surface area contributed by atoms with Gasteiger partial charge in [0.15, 0.2) is 0 Å². The van der Waals surface area contributed by atoms with Crippen LogP contribution in [-0.2, 0) is 13.2 Å². The molecular weight excluding hydrogens is 440 g/mol. The molecule has 0 unspecified atom stereocenters. The van der Waals surface area contributed by atoms with Crippen LogP contribution in [0.15, 0.2) is 97.6 Å². The highest BCUT2D eigenvalue weighted by molar-refractivity contribution is 6.06. The summed E-state index contributed by atoms with van der Waals surface area (Å²) in [5.41, 5.74) is 4.80. The number of para-hydroxylation sites is 1. The van der Waals surface area contributed by atoms with Crippen LogP contribution in [-0.4, -0.2) is 20.3 Å². The molecule has 0 aliphatic heterocycles. The Morgan fingerprint density at radius 1 is 0.971 bits per heavy atom. The number of anilines is 1. The van der Waals surface area contributed by atoms with Gasteiger partial charge in [-0.2, -0.15) is 0 Å². The average Bonchev–Trinajstić information content (AvgIpc) is 3.32. The van der Waals surface area contributed by atoms with Crippen molar-refractivity contribution in [2.75, 3.05) is 5.32 Å². The van der Waals surface area contributed by atoms with E-state index in [0.29, 0.717) is 29.4 Å². The van der Waals surface area contributed by atoms with Crippen LogP contribution < -0.4 is 14.8 Å². The van der Waals surface area contributed by atoms with E-state index in [1.807, 2.05) is 78.3 Å². The molecule has 0 fully saturated rings. The quantitative estimate of drug-likeness (QED) is 0.331. The van der Waals surface area contributed by atoms with Crippen molar-refractivity contribution in [3.8, 4) is 11.5 Å². The largest absolute Gasteiger partial charge is 0.489 e. The number of carbonyl (C=O) groups is 1. The minimum absolute atomic E-state index is 0.253. The van der Waals surface area contributed by atoms with E-state index in [1.54, 1.807) is 30.6 Å². The topological polar surface area (TPSA) is 77.8 Å². The molecule has 0 radical (unpaired) electrons. The van der Waals surface area contributed by atoms with Crippen molar-refractivity contribution in [3.63, 3.8) is 0 Å². The molecule has 1 N–H and O–H groups in total. The van der Waals surface area contributed by atoms with Crippen LogP contribution >= 0.6 is 0 Å². The summed E-state index contributed by atoms with van der Waals surface area (Å²) in [6.45, 7) is 2.67. The number of aromatic nitrogens is 3. The first-order valence-electron chi connectivity index (χ1n) is 11.2. The summed E-state index contributed by atoms with van der Waals surface area (Å²) in [5, 5.41) is 2.93. The Balaban J connectivity index is 1.26. The summed E-state index contributed by atoms with van der Waals surface area (Å²) < 4.78 is 13.8. The number of nitrogens with zero attached hydrogens (tertiary/aromatic N) is 3. The Kier molecular flexibility index (Phi) is 6.39. The van der Waals surface area contributed by atoms with Crippen molar-refractivity contribution in [1.29, 1.82) is 0 Å². The van der Waals surface area contributed by atoms with E-state index in [4.69, 9.17) is 9.47 Å². The van der Waals surface area contributed by atoms with E-state index in [9.17, 15) is 4.79 Å². The van der Waals surface area contributed by atoms with Gasteiger partial charge in [-0.15, -0.1) is 0 Å². The lowest BCUT2D eigenvalue weighted by Crippen LogP contribution is -2.13. The van der Waals surface area contributed by atoms with Crippen molar-refractivity contribution in [1.82, 2.24) is 14.4 Å². The van der Waals surface area contributed by atoms with Crippen LogP contribution in [0.5, 0.6) is 11.5 Å². The second kappa shape index (κ2) is 10.1. The van der Waals surface area contributed by atoms with Gasteiger partial charge in [0.2, 0.25) is 0 Å². The van der Waals surface area contributed by atoms with E-state index in [0.717, 1.165) is 22.5 Å². The molecule has 5 aromatic rings. The van der Waals surface area contributed by atoms with E-state index in [-0.39, 0.29) is 12.5 Å². The van der Waals surface area contributed by atoms with Crippen LogP contribution in [0.3, 0.4) is 0 Å². The fourth-order valence-corrected chi connectivity index (χ4v) is 3.72. The Morgan fingerprint density at radius 3 is 2.74 bits per heavy atom. The van der Waals surface area contributed by atoms with Gasteiger partial charge in [-0.05, 0) is 48.9 Å². The number of rotatable bonds is 8. The first-order chi connectivity index (χ1) is 17.2. The SMILES string of the molecule is Cc1cccn2cc(COc3ccccc3C(=O)Nc3cccc(OCc4cccnc4)c3)nc12. The zero-order valence-corrected chi connectivity index (χ0v) is 19.2. The van der Waals surface area contributed by atoms with Gasteiger partial charge in [0.05, 0.1) is 11.3 Å². The Labute approximate surface area is 203 Å². The Morgan fingerprint density at radius 2 is 1.89 bits per heavy atom.